The van der Waals surface area contributed by atoms with Gasteiger partial charge in [0, 0.05) is 31.1 Å². The van der Waals surface area contributed by atoms with Crippen LogP contribution >= 0.6 is 0 Å². The number of hydrogen-bond acceptors (Lipinski definition) is 4. The summed E-state index contributed by atoms with van der Waals surface area (Å²) < 4.78 is 10.9. The fourth-order valence-corrected chi connectivity index (χ4v) is 3.97. The van der Waals surface area contributed by atoms with Crippen molar-refractivity contribution < 1.29 is 14.3 Å². The van der Waals surface area contributed by atoms with E-state index in [2.05, 4.69) is 11.8 Å². The molecule has 1 fully saturated rings. The molecule has 1 saturated heterocycles. The number of morpholine rings is 1. The maximum absolute atomic E-state index is 13.2. The summed E-state index contributed by atoms with van der Waals surface area (Å²) in [7, 11) is 1.72. The highest BCUT2D eigenvalue weighted by Crippen LogP contribution is 2.33. The van der Waals surface area contributed by atoms with Crippen LogP contribution in [0.15, 0.2) is 12.1 Å². The van der Waals surface area contributed by atoms with Crippen LogP contribution < -0.4 is 4.74 Å². The Morgan fingerprint density at radius 2 is 1.92 bits per heavy atom. The summed E-state index contributed by atoms with van der Waals surface area (Å²) in [6.07, 6.45) is 5.27. The molecule has 0 radical (unpaired) electrons. The van der Waals surface area contributed by atoms with Crippen LogP contribution in [0.5, 0.6) is 5.75 Å². The summed E-state index contributed by atoms with van der Waals surface area (Å²) in [5.41, 5.74) is 3.44. The van der Waals surface area contributed by atoms with Crippen LogP contribution in [0.3, 0.4) is 0 Å². The lowest BCUT2D eigenvalue weighted by atomic mass is 9.83. The van der Waals surface area contributed by atoms with Gasteiger partial charge in [-0.05, 0) is 55.4 Å². The summed E-state index contributed by atoms with van der Waals surface area (Å²) in [4.78, 5) is 15.6. The van der Waals surface area contributed by atoms with Gasteiger partial charge < -0.3 is 9.47 Å². The lowest BCUT2D eigenvalue weighted by molar-refractivity contribution is 0.0298. The van der Waals surface area contributed by atoms with Gasteiger partial charge >= 0.3 is 0 Å². The van der Waals surface area contributed by atoms with Crippen LogP contribution in [-0.2, 0) is 17.6 Å². The van der Waals surface area contributed by atoms with Gasteiger partial charge in [0.05, 0.1) is 20.3 Å². The maximum Gasteiger partial charge on any atom is 0.167 e. The predicted octanol–water partition coefficient (Wildman–Crippen LogP) is 3.12. The molecule has 4 heteroatoms. The number of ether oxygens (including phenoxy) is 2. The minimum Gasteiger partial charge on any atom is -0.496 e. The number of fused-ring (bicyclic) bond motifs is 1. The molecular formula is C20H29NO3. The lowest BCUT2D eigenvalue weighted by Gasteiger charge is -2.30. The third kappa shape index (κ3) is 3.65. The van der Waals surface area contributed by atoms with Crippen molar-refractivity contribution >= 4 is 5.78 Å². The Labute approximate surface area is 145 Å². The molecular weight excluding hydrogens is 302 g/mol. The smallest absolute Gasteiger partial charge is 0.167 e. The monoisotopic (exact) mass is 331 g/mol. The SMILES string of the molecule is CCC(CN1CCOCC1)C(=O)c1ccc(OC)c2c1CCCC2. The van der Waals surface area contributed by atoms with Gasteiger partial charge in [-0.15, -0.1) is 0 Å². The Morgan fingerprint density at radius 3 is 2.58 bits per heavy atom. The predicted molar refractivity (Wildman–Crippen MR) is 95.0 cm³/mol. The second kappa shape index (κ2) is 8.13. The molecule has 1 aliphatic carbocycles. The van der Waals surface area contributed by atoms with Crippen molar-refractivity contribution in [3.8, 4) is 5.75 Å². The highest BCUT2D eigenvalue weighted by atomic mass is 16.5. The van der Waals surface area contributed by atoms with E-state index in [9.17, 15) is 4.79 Å². The van der Waals surface area contributed by atoms with E-state index in [1.165, 1.54) is 24.0 Å². The Kier molecular flexibility index (Phi) is 5.90. The van der Waals surface area contributed by atoms with Crippen LogP contribution in [0.2, 0.25) is 0 Å². The minimum absolute atomic E-state index is 0.0718. The molecule has 1 atom stereocenters. The van der Waals surface area contributed by atoms with Crippen molar-refractivity contribution in [2.24, 2.45) is 5.92 Å². The summed E-state index contributed by atoms with van der Waals surface area (Å²) >= 11 is 0. The Bertz CT molecular complexity index is 578. The average molecular weight is 331 g/mol. The van der Waals surface area contributed by atoms with Gasteiger partial charge in [0.1, 0.15) is 5.75 Å². The highest BCUT2D eigenvalue weighted by molar-refractivity contribution is 6.00. The lowest BCUT2D eigenvalue weighted by Crippen LogP contribution is -2.41. The third-order valence-electron chi connectivity index (χ3n) is 5.42. The molecule has 4 nitrogen and oxygen atoms in total. The molecule has 0 bridgehead atoms. The van der Waals surface area contributed by atoms with Crippen LogP contribution in [0, 0.1) is 5.92 Å². The number of Topliss-reactive ketones (excluding diaryl/α,β-unsaturated/α-hetero) is 1. The van der Waals surface area contributed by atoms with Gasteiger partial charge in [0.15, 0.2) is 5.78 Å². The molecule has 1 heterocycles. The average Bonchev–Trinajstić information content (AvgIpc) is 2.65. The van der Waals surface area contributed by atoms with E-state index in [0.717, 1.165) is 63.4 Å². The fraction of sp³-hybridized carbons (Fsp3) is 0.650. The van der Waals surface area contributed by atoms with E-state index in [4.69, 9.17) is 9.47 Å². The number of ketones is 1. The second-order valence-corrected chi connectivity index (χ2v) is 6.86. The molecule has 2 aliphatic rings. The molecule has 1 unspecified atom stereocenters. The molecule has 0 amide bonds. The van der Waals surface area contributed by atoms with Gasteiger partial charge in [-0.3, -0.25) is 9.69 Å². The van der Waals surface area contributed by atoms with E-state index in [-0.39, 0.29) is 5.92 Å². The first-order valence-corrected chi connectivity index (χ1v) is 9.27. The minimum atomic E-state index is 0.0718. The molecule has 1 aromatic carbocycles. The standard InChI is InChI=1S/C20H29NO3/c1-3-15(14-21-10-12-24-13-11-21)20(22)18-8-9-19(23-2)17-7-5-4-6-16(17)18/h8-9,15H,3-7,10-14H2,1-2H3. The number of hydrogen-bond donors (Lipinski definition) is 0. The first-order valence-electron chi connectivity index (χ1n) is 9.27. The highest BCUT2D eigenvalue weighted by Gasteiger charge is 2.27. The zero-order valence-corrected chi connectivity index (χ0v) is 15.0. The van der Waals surface area contributed by atoms with Crippen molar-refractivity contribution in [3.05, 3.63) is 28.8 Å². The maximum atomic E-state index is 13.2. The molecule has 0 N–H and O–H groups in total. The van der Waals surface area contributed by atoms with Crippen LogP contribution in [0.1, 0.15) is 47.7 Å². The van der Waals surface area contributed by atoms with E-state index in [1.807, 2.05) is 12.1 Å². The largest absolute Gasteiger partial charge is 0.496 e. The second-order valence-electron chi connectivity index (χ2n) is 6.86. The Morgan fingerprint density at radius 1 is 1.21 bits per heavy atom. The summed E-state index contributed by atoms with van der Waals surface area (Å²) in [5, 5.41) is 0. The van der Waals surface area contributed by atoms with Crippen LogP contribution in [-0.4, -0.2) is 50.6 Å². The van der Waals surface area contributed by atoms with Gasteiger partial charge in [-0.1, -0.05) is 6.92 Å². The van der Waals surface area contributed by atoms with Crippen molar-refractivity contribution in [2.45, 2.75) is 39.0 Å². The fourth-order valence-electron chi connectivity index (χ4n) is 3.97. The van der Waals surface area contributed by atoms with Gasteiger partial charge in [-0.25, -0.2) is 0 Å². The van der Waals surface area contributed by atoms with E-state index >= 15 is 0 Å². The van der Waals surface area contributed by atoms with Gasteiger partial charge in [0.25, 0.3) is 0 Å². The van der Waals surface area contributed by atoms with Gasteiger partial charge in [-0.2, -0.15) is 0 Å². The molecule has 0 aromatic heterocycles. The Hall–Kier alpha value is -1.39. The number of benzene rings is 1. The number of rotatable bonds is 6. The quantitative estimate of drug-likeness (QED) is 0.751. The molecule has 1 aliphatic heterocycles. The summed E-state index contributed by atoms with van der Waals surface area (Å²) in [6, 6.07) is 3.98. The van der Waals surface area contributed by atoms with Crippen LogP contribution in [0.4, 0.5) is 0 Å². The normalized spacial score (nSPS) is 19.6. The summed E-state index contributed by atoms with van der Waals surface area (Å²) in [6.45, 7) is 6.40. The molecule has 0 spiro atoms. The van der Waals surface area contributed by atoms with Crippen molar-refractivity contribution in [1.82, 2.24) is 4.90 Å². The van der Waals surface area contributed by atoms with Crippen LogP contribution in [0.25, 0.3) is 0 Å². The first kappa shape index (κ1) is 17.4. The molecule has 24 heavy (non-hydrogen) atoms. The summed E-state index contributed by atoms with van der Waals surface area (Å²) in [5.74, 6) is 1.33. The third-order valence-corrected chi connectivity index (χ3v) is 5.42. The molecule has 3 rings (SSSR count). The van der Waals surface area contributed by atoms with Crippen molar-refractivity contribution in [1.29, 1.82) is 0 Å². The van der Waals surface area contributed by atoms with Crippen molar-refractivity contribution in [3.63, 3.8) is 0 Å². The zero-order valence-electron chi connectivity index (χ0n) is 15.0. The number of carbonyl (C=O) groups is 1. The zero-order chi connectivity index (χ0) is 16.9. The first-order chi connectivity index (χ1) is 11.7. The molecule has 132 valence electrons. The Balaban J connectivity index is 1.82. The molecule has 0 saturated carbocycles. The van der Waals surface area contributed by atoms with Gasteiger partial charge in [0.2, 0.25) is 0 Å². The number of methoxy groups -OCH3 is 1. The van der Waals surface area contributed by atoms with E-state index in [1.54, 1.807) is 7.11 Å². The number of nitrogens with zero attached hydrogens (tertiary/aromatic N) is 1. The van der Waals surface area contributed by atoms with E-state index < -0.39 is 0 Å². The number of carbonyl (C=O) groups excluding carboxylic acids is 1. The van der Waals surface area contributed by atoms with Crippen molar-refractivity contribution in [2.75, 3.05) is 40.0 Å². The topological polar surface area (TPSA) is 38.8 Å². The van der Waals surface area contributed by atoms with E-state index in [0.29, 0.717) is 5.78 Å². The molecule has 1 aromatic rings.